The SMILES string of the molecule is O=C(Oc1ccc([N+](=O)[O-])cc1)OC1CCCC2C(OC(=O)Oc3ccc([N+](=O)[O-])cc3)CCCC12. The number of nitrogens with zero attached hydrogens (tertiary/aromatic N) is 2. The van der Waals surface area contributed by atoms with E-state index < -0.39 is 34.4 Å². The first-order valence-electron chi connectivity index (χ1n) is 11.6. The van der Waals surface area contributed by atoms with E-state index in [2.05, 4.69) is 0 Å². The molecule has 4 rings (SSSR count). The van der Waals surface area contributed by atoms with E-state index in [0.717, 1.165) is 25.7 Å². The number of benzene rings is 2. The Balaban J connectivity index is 1.32. The van der Waals surface area contributed by atoms with Crippen molar-refractivity contribution >= 4 is 23.7 Å². The molecule has 4 atom stereocenters. The number of hydrogen-bond donors (Lipinski definition) is 0. The molecule has 0 N–H and O–H groups in total. The number of ether oxygens (including phenoxy) is 4. The summed E-state index contributed by atoms with van der Waals surface area (Å²) in [5.41, 5.74) is -0.239. The number of non-ortho nitro benzene ring substituents is 2. The van der Waals surface area contributed by atoms with Crippen molar-refractivity contribution in [2.45, 2.75) is 50.7 Å². The van der Waals surface area contributed by atoms with Gasteiger partial charge in [0.15, 0.2) is 0 Å². The predicted molar refractivity (Wildman–Crippen MR) is 123 cm³/mol. The van der Waals surface area contributed by atoms with Gasteiger partial charge in [-0.05, 0) is 62.8 Å². The number of carbonyl (C=O) groups excluding carboxylic acids is 2. The Morgan fingerprint density at radius 1 is 0.639 bits per heavy atom. The van der Waals surface area contributed by atoms with Crippen LogP contribution in [0, 0.1) is 32.1 Å². The second kappa shape index (κ2) is 11.0. The van der Waals surface area contributed by atoms with Gasteiger partial charge in [0.2, 0.25) is 0 Å². The summed E-state index contributed by atoms with van der Waals surface area (Å²) in [7, 11) is 0. The highest BCUT2D eigenvalue weighted by Crippen LogP contribution is 2.43. The number of rotatable bonds is 6. The summed E-state index contributed by atoms with van der Waals surface area (Å²) in [5.74, 6) is 0.233. The maximum atomic E-state index is 12.4. The van der Waals surface area contributed by atoms with Gasteiger partial charge in [0.1, 0.15) is 23.7 Å². The summed E-state index contributed by atoms with van der Waals surface area (Å²) in [6.45, 7) is 0. The number of fused-ring (bicyclic) bond motifs is 1. The molecule has 2 aromatic rings. The van der Waals surface area contributed by atoms with Gasteiger partial charge in [-0.25, -0.2) is 9.59 Å². The van der Waals surface area contributed by atoms with Crippen molar-refractivity contribution < 1.29 is 38.4 Å². The van der Waals surface area contributed by atoms with Crippen molar-refractivity contribution in [3.8, 4) is 11.5 Å². The Labute approximate surface area is 205 Å². The van der Waals surface area contributed by atoms with E-state index >= 15 is 0 Å². The molecule has 0 bridgehead atoms. The fourth-order valence-corrected chi connectivity index (χ4v) is 4.94. The lowest BCUT2D eigenvalue weighted by atomic mass is 9.68. The molecule has 2 fully saturated rings. The number of hydrogen-bond acceptors (Lipinski definition) is 10. The Hall–Kier alpha value is -4.22. The van der Waals surface area contributed by atoms with E-state index in [4.69, 9.17) is 18.9 Å². The minimum atomic E-state index is -0.893. The number of nitro benzene ring substituents is 2. The van der Waals surface area contributed by atoms with Gasteiger partial charge >= 0.3 is 12.3 Å². The molecule has 36 heavy (non-hydrogen) atoms. The Morgan fingerprint density at radius 2 is 1.00 bits per heavy atom. The maximum absolute atomic E-state index is 12.4. The van der Waals surface area contributed by atoms with Crippen LogP contribution in [0.2, 0.25) is 0 Å². The molecule has 2 saturated carbocycles. The van der Waals surface area contributed by atoms with Crippen LogP contribution >= 0.6 is 0 Å². The van der Waals surface area contributed by atoms with Gasteiger partial charge in [-0.1, -0.05) is 0 Å². The molecule has 190 valence electrons. The third kappa shape index (κ3) is 6.06. The topological polar surface area (TPSA) is 157 Å². The van der Waals surface area contributed by atoms with Crippen molar-refractivity contribution in [2.75, 3.05) is 0 Å². The van der Waals surface area contributed by atoms with Crippen molar-refractivity contribution in [2.24, 2.45) is 11.8 Å². The molecule has 2 aliphatic rings. The van der Waals surface area contributed by atoms with Crippen LogP contribution in [0.15, 0.2) is 48.5 Å². The summed E-state index contributed by atoms with van der Waals surface area (Å²) in [6.07, 6.45) is 1.84. The van der Waals surface area contributed by atoms with E-state index in [1.165, 1.54) is 48.5 Å². The first-order chi connectivity index (χ1) is 17.3. The fourth-order valence-electron chi connectivity index (χ4n) is 4.94. The zero-order chi connectivity index (χ0) is 25.7. The lowest BCUT2D eigenvalue weighted by Gasteiger charge is -2.43. The van der Waals surface area contributed by atoms with Crippen LogP contribution in [0.3, 0.4) is 0 Å². The average Bonchev–Trinajstić information content (AvgIpc) is 2.85. The van der Waals surface area contributed by atoms with E-state index in [9.17, 15) is 29.8 Å². The molecule has 12 nitrogen and oxygen atoms in total. The highest BCUT2D eigenvalue weighted by molar-refractivity contribution is 5.65. The first-order valence-corrected chi connectivity index (χ1v) is 11.6. The number of carbonyl (C=O) groups is 2. The van der Waals surface area contributed by atoms with Crippen LogP contribution in [0.5, 0.6) is 11.5 Å². The van der Waals surface area contributed by atoms with Gasteiger partial charge in [0, 0.05) is 36.1 Å². The Bertz CT molecular complexity index is 1030. The summed E-state index contributed by atoms with van der Waals surface area (Å²) in [4.78, 5) is 45.2. The Morgan fingerprint density at radius 3 is 1.33 bits per heavy atom. The lowest BCUT2D eigenvalue weighted by molar-refractivity contribution is -0.385. The number of nitro groups is 2. The molecule has 0 amide bonds. The third-order valence-electron chi connectivity index (χ3n) is 6.55. The predicted octanol–water partition coefficient (Wildman–Crippen LogP) is 5.57. The molecule has 2 aliphatic carbocycles. The standard InChI is InChI=1S/C24H24N2O10/c27-23(33-17-11-7-15(8-12-17)25(29)30)35-21-5-1-3-19-20(21)4-2-6-22(19)36-24(28)34-18-13-9-16(10-14-18)26(31)32/h7-14,19-22H,1-6H2. The van der Waals surface area contributed by atoms with Crippen LogP contribution in [-0.4, -0.2) is 34.4 Å². The minimum Gasteiger partial charge on any atom is -0.430 e. The maximum Gasteiger partial charge on any atom is 0.514 e. The second-order valence-electron chi connectivity index (χ2n) is 8.71. The highest BCUT2D eigenvalue weighted by Gasteiger charge is 2.44. The van der Waals surface area contributed by atoms with E-state index in [-0.39, 0.29) is 34.7 Å². The molecule has 0 heterocycles. The zero-order valence-corrected chi connectivity index (χ0v) is 19.1. The summed E-state index contributed by atoms with van der Waals surface area (Å²) in [5, 5.41) is 21.5. The molecular weight excluding hydrogens is 476 g/mol. The normalized spacial score (nSPS) is 23.0. The third-order valence-corrected chi connectivity index (χ3v) is 6.55. The second-order valence-corrected chi connectivity index (χ2v) is 8.71. The van der Waals surface area contributed by atoms with Gasteiger partial charge in [-0.15, -0.1) is 0 Å². The van der Waals surface area contributed by atoms with Gasteiger partial charge < -0.3 is 18.9 Å². The zero-order valence-electron chi connectivity index (χ0n) is 19.1. The minimum absolute atomic E-state index is 0.0194. The van der Waals surface area contributed by atoms with Crippen LogP contribution in [-0.2, 0) is 9.47 Å². The molecule has 12 heteroatoms. The first kappa shape index (κ1) is 24.9. The summed E-state index contributed by atoms with van der Waals surface area (Å²) >= 11 is 0. The molecular formula is C24H24N2O10. The molecule has 0 saturated heterocycles. The largest absolute Gasteiger partial charge is 0.514 e. The van der Waals surface area contributed by atoms with E-state index in [0.29, 0.717) is 12.8 Å². The lowest BCUT2D eigenvalue weighted by Crippen LogP contribution is -2.45. The van der Waals surface area contributed by atoms with Crippen molar-refractivity contribution in [1.82, 2.24) is 0 Å². The average molecular weight is 500 g/mol. The van der Waals surface area contributed by atoms with Crippen molar-refractivity contribution in [3.63, 3.8) is 0 Å². The Kier molecular flexibility index (Phi) is 7.62. The van der Waals surface area contributed by atoms with Gasteiger partial charge in [-0.2, -0.15) is 0 Å². The molecule has 0 spiro atoms. The fraction of sp³-hybridized carbons (Fsp3) is 0.417. The molecule has 0 radical (unpaired) electrons. The molecule has 0 aliphatic heterocycles. The van der Waals surface area contributed by atoms with Crippen LogP contribution < -0.4 is 9.47 Å². The smallest absolute Gasteiger partial charge is 0.430 e. The summed E-state index contributed by atoms with van der Waals surface area (Å²) < 4.78 is 21.6. The van der Waals surface area contributed by atoms with Crippen molar-refractivity contribution in [3.05, 3.63) is 68.8 Å². The monoisotopic (exact) mass is 500 g/mol. The molecule has 4 unspecified atom stereocenters. The van der Waals surface area contributed by atoms with Gasteiger partial charge in [-0.3, -0.25) is 20.2 Å². The van der Waals surface area contributed by atoms with Crippen LogP contribution in [0.25, 0.3) is 0 Å². The van der Waals surface area contributed by atoms with E-state index in [1.54, 1.807) is 0 Å². The summed E-state index contributed by atoms with van der Waals surface area (Å²) in [6, 6.07) is 10.2. The molecule has 2 aromatic carbocycles. The quantitative estimate of drug-likeness (QED) is 0.212. The van der Waals surface area contributed by atoms with Gasteiger partial charge in [0.25, 0.3) is 11.4 Å². The van der Waals surface area contributed by atoms with Gasteiger partial charge in [0.05, 0.1) is 9.85 Å². The van der Waals surface area contributed by atoms with E-state index in [1.807, 2.05) is 0 Å². The van der Waals surface area contributed by atoms with Crippen molar-refractivity contribution in [1.29, 1.82) is 0 Å². The highest BCUT2D eigenvalue weighted by atomic mass is 16.7. The van der Waals surface area contributed by atoms with Crippen LogP contribution in [0.4, 0.5) is 21.0 Å². The van der Waals surface area contributed by atoms with Crippen LogP contribution in [0.1, 0.15) is 38.5 Å². The molecule has 0 aromatic heterocycles.